The summed E-state index contributed by atoms with van der Waals surface area (Å²) in [6.07, 6.45) is 6.85. The van der Waals surface area contributed by atoms with Gasteiger partial charge in [0.2, 0.25) is 0 Å². The van der Waals surface area contributed by atoms with E-state index in [0.29, 0.717) is 24.6 Å². The molecule has 0 radical (unpaired) electrons. The molecular weight excluding hydrogens is 232 g/mol. The van der Waals surface area contributed by atoms with Crippen LogP contribution in [0.2, 0.25) is 0 Å². The lowest BCUT2D eigenvalue weighted by Gasteiger charge is -2.33. The fourth-order valence-electron chi connectivity index (χ4n) is 2.63. The Labute approximate surface area is 107 Å². The van der Waals surface area contributed by atoms with Crippen molar-refractivity contribution in [2.45, 2.75) is 51.6 Å². The highest BCUT2D eigenvalue weighted by molar-refractivity contribution is 7.11. The molecule has 17 heavy (non-hydrogen) atoms. The first-order valence-corrected chi connectivity index (χ1v) is 7.31. The van der Waals surface area contributed by atoms with Crippen molar-refractivity contribution in [2.24, 2.45) is 5.92 Å². The molecule has 0 amide bonds. The van der Waals surface area contributed by atoms with E-state index in [1.54, 1.807) is 11.3 Å². The van der Waals surface area contributed by atoms with Crippen LogP contribution in [-0.4, -0.2) is 22.7 Å². The van der Waals surface area contributed by atoms with Crippen LogP contribution in [0.15, 0.2) is 6.20 Å². The number of aliphatic hydroxyl groups is 1. The summed E-state index contributed by atoms with van der Waals surface area (Å²) >= 11 is 1.76. The molecule has 4 heteroatoms. The van der Waals surface area contributed by atoms with Crippen LogP contribution in [0.5, 0.6) is 0 Å². The number of thiazole rings is 1. The number of aromatic nitrogens is 1. The summed E-state index contributed by atoms with van der Waals surface area (Å²) < 4.78 is 0. The van der Waals surface area contributed by atoms with Gasteiger partial charge < -0.3 is 10.4 Å². The Morgan fingerprint density at radius 2 is 2.29 bits per heavy atom. The topological polar surface area (TPSA) is 45.2 Å². The van der Waals surface area contributed by atoms with Crippen molar-refractivity contribution in [3.8, 4) is 0 Å². The van der Waals surface area contributed by atoms with E-state index in [1.807, 2.05) is 13.1 Å². The van der Waals surface area contributed by atoms with E-state index in [2.05, 4.69) is 17.2 Å². The van der Waals surface area contributed by atoms with Crippen LogP contribution in [0.4, 0.5) is 0 Å². The second-order valence-corrected chi connectivity index (χ2v) is 6.27. The third kappa shape index (κ3) is 3.27. The number of hydrogen-bond donors (Lipinski definition) is 2. The summed E-state index contributed by atoms with van der Waals surface area (Å²) in [6, 6.07) is 0.810. The van der Waals surface area contributed by atoms with Gasteiger partial charge in [-0.25, -0.2) is 4.98 Å². The number of nitrogens with zero attached hydrogens (tertiary/aromatic N) is 1. The van der Waals surface area contributed by atoms with E-state index < -0.39 is 0 Å². The van der Waals surface area contributed by atoms with Gasteiger partial charge in [0.25, 0.3) is 0 Å². The van der Waals surface area contributed by atoms with E-state index in [4.69, 9.17) is 0 Å². The van der Waals surface area contributed by atoms with Gasteiger partial charge in [-0.05, 0) is 32.6 Å². The van der Waals surface area contributed by atoms with Gasteiger partial charge in [0.1, 0.15) is 0 Å². The Bertz CT molecular complexity index is 353. The second-order valence-electron chi connectivity index (χ2n) is 5.00. The maximum absolute atomic E-state index is 9.40. The van der Waals surface area contributed by atoms with Crippen molar-refractivity contribution < 1.29 is 5.11 Å². The lowest BCUT2D eigenvalue weighted by atomic mass is 9.84. The summed E-state index contributed by atoms with van der Waals surface area (Å²) in [6.45, 7) is 4.54. The molecule has 0 aliphatic heterocycles. The highest BCUT2D eigenvalue weighted by Crippen LogP contribution is 2.27. The van der Waals surface area contributed by atoms with E-state index in [9.17, 15) is 5.11 Å². The average molecular weight is 254 g/mol. The molecule has 3 nitrogen and oxygen atoms in total. The van der Waals surface area contributed by atoms with Gasteiger partial charge >= 0.3 is 0 Å². The molecule has 2 rings (SSSR count). The van der Waals surface area contributed by atoms with E-state index in [1.165, 1.54) is 24.1 Å². The molecule has 0 spiro atoms. The summed E-state index contributed by atoms with van der Waals surface area (Å²) in [7, 11) is 0. The molecule has 2 N–H and O–H groups in total. The minimum absolute atomic E-state index is 0.312. The van der Waals surface area contributed by atoms with Crippen molar-refractivity contribution in [3.05, 3.63) is 16.1 Å². The van der Waals surface area contributed by atoms with Crippen LogP contribution in [0.3, 0.4) is 0 Å². The molecule has 1 heterocycles. The smallest absolute Gasteiger partial charge is 0.0897 e. The van der Waals surface area contributed by atoms with E-state index in [-0.39, 0.29) is 0 Å². The maximum atomic E-state index is 9.40. The van der Waals surface area contributed by atoms with Crippen molar-refractivity contribution >= 4 is 11.3 Å². The van der Waals surface area contributed by atoms with Gasteiger partial charge in [-0.3, -0.25) is 0 Å². The normalized spacial score (nSPS) is 27.0. The zero-order chi connectivity index (χ0) is 12.3. The first-order chi connectivity index (χ1) is 8.20. The maximum Gasteiger partial charge on any atom is 0.0897 e. The lowest BCUT2D eigenvalue weighted by Crippen LogP contribution is -2.41. The first-order valence-electron chi connectivity index (χ1n) is 6.50. The molecule has 3 unspecified atom stereocenters. The van der Waals surface area contributed by atoms with Crippen LogP contribution in [0.25, 0.3) is 0 Å². The van der Waals surface area contributed by atoms with Gasteiger partial charge in [-0.15, -0.1) is 11.3 Å². The van der Waals surface area contributed by atoms with Crippen molar-refractivity contribution in [1.29, 1.82) is 0 Å². The minimum atomic E-state index is 0.312. The van der Waals surface area contributed by atoms with Gasteiger partial charge in [-0.1, -0.05) is 12.8 Å². The molecule has 1 fully saturated rings. The van der Waals surface area contributed by atoms with Gasteiger partial charge in [0.05, 0.1) is 5.01 Å². The average Bonchev–Trinajstić information content (AvgIpc) is 2.77. The summed E-state index contributed by atoms with van der Waals surface area (Å²) in [5.41, 5.74) is 0. The zero-order valence-corrected chi connectivity index (χ0v) is 11.5. The molecule has 0 aromatic carbocycles. The Kier molecular flexibility index (Phi) is 4.54. The van der Waals surface area contributed by atoms with Crippen LogP contribution in [0, 0.1) is 12.8 Å². The SMILES string of the molecule is Cc1ncc(C(C)NC2CCCCC2CO)s1. The lowest BCUT2D eigenvalue weighted by molar-refractivity contribution is 0.147. The Hall–Kier alpha value is -0.450. The first kappa shape index (κ1) is 13.0. The van der Waals surface area contributed by atoms with Crippen molar-refractivity contribution in [3.63, 3.8) is 0 Å². The predicted octanol–water partition coefficient (Wildman–Crippen LogP) is 2.65. The van der Waals surface area contributed by atoms with E-state index >= 15 is 0 Å². The highest BCUT2D eigenvalue weighted by atomic mass is 32.1. The van der Waals surface area contributed by atoms with Crippen LogP contribution >= 0.6 is 11.3 Å². The Balaban J connectivity index is 1.94. The van der Waals surface area contributed by atoms with Crippen molar-refractivity contribution in [1.82, 2.24) is 10.3 Å². The predicted molar refractivity (Wildman–Crippen MR) is 71.2 cm³/mol. The largest absolute Gasteiger partial charge is 0.396 e. The third-order valence-electron chi connectivity index (χ3n) is 3.67. The highest BCUT2D eigenvalue weighted by Gasteiger charge is 2.26. The van der Waals surface area contributed by atoms with Crippen LogP contribution in [0.1, 0.15) is 48.5 Å². The monoisotopic (exact) mass is 254 g/mol. The second kappa shape index (κ2) is 5.94. The van der Waals surface area contributed by atoms with Gasteiger partial charge in [0.15, 0.2) is 0 Å². The number of hydrogen-bond acceptors (Lipinski definition) is 4. The van der Waals surface area contributed by atoms with E-state index in [0.717, 1.165) is 11.4 Å². The molecule has 1 aliphatic carbocycles. The van der Waals surface area contributed by atoms with Gasteiger partial charge in [0, 0.05) is 29.8 Å². The number of rotatable bonds is 4. The Morgan fingerprint density at radius 3 is 2.94 bits per heavy atom. The fourth-order valence-corrected chi connectivity index (χ4v) is 3.42. The summed E-state index contributed by atoms with van der Waals surface area (Å²) in [5, 5.41) is 14.2. The molecule has 0 bridgehead atoms. The molecule has 1 aromatic rings. The molecule has 96 valence electrons. The molecule has 1 saturated carbocycles. The summed E-state index contributed by atoms with van der Waals surface area (Å²) in [4.78, 5) is 5.60. The molecule has 3 atom stereocenters. The fraction of sp³-hybridized carbons (Fsp3) is 0.769. The standard InChI is InChI=1S/C13H22N2OS/c1-9(13-7-14-10(2)17-13)15-12-6-4-3-5-11(12)8-16/h7,9,11-12,15-16H,3-6,8H2,1-2H3. The Morgan fingerprint density at radius 1 is 1.53 bits per heavy atom. The molecule has 1 aliphatic rings. The number of aryl methyl sites for hydroxylation is 1. The molecular formula is C13H22N2OS. The quantitative estimate of drug-likeness (QED) is 0.868. The van der Waals surface area contributed by atoms with Gasteiger partial charge in [-0.2, -0.15) is 0 Å². The summed E-state index contributed by atoms with van der Waals surface area (Å²) in [5.74, 6) is 0.431. The zero-order valence-electron chi connectivity index (χ0n) is 10.6. The number of aliphatic hydroxyl groups excluding tert-OH is 1. The minimum Gasteiger partial charge on any atom is -0.396 e. The third-order valence-corrected chi connectivity index (χ3v) is 4.77. The van der Waals surface area contributed by atoms with Crippen LogP contribution in [-0.2, 0) is 0 Å². The molecule has 1 aromatic heterocycles. The number of nitrogens with one attached hydrogen (secondary N) is 1. The van der Waals surface area contributed by atoms with Crippen LogP contribution < -0.4 is 5.32 Å². The van der Waals surface area contributed by atoms with Crippen molar-refractivity contribution in [2.75, 3.05) is 6.61 Å². The molecule has 0 saturated heterocycles.